The second-order valence-electron chi connectivity index (χ2n) is 5.43. The molecule has 4 nitrogen and oxygen atoms in total. The van der Waals surface area contributed by atoms with Crippen LogP contribution in [-0.2, 0) is 7.05 Å². The second-order valence-corrected chi connectivity index (χ2v) is 6.46. The summed E-state index contributed by atoms with van der Waals surface area (Å²) in [5.41, 5.74) is 7.59. The number of hydrogen-bond donors (Lipinski definition) is 1. The van der Waals surface area contributed by atoms with E-state index in [0.29, 0.717) is 0 Å². The Morgan fingerprint density at radius 1 is 1.13 bits per heavy atom. The number of benzene rings is 2. The third-order valence-corrected chi connectivity index (χ3v) is 5.04. The average Bonchev–Trinajstić information content (AvgIpc) is 3.09. The molecule has 2 heterocycles. The molecule has 0 amide bonds. The van der Waals surface area contributed by atoms with Crippen LogP contribution in [0.1, 0.15) is 11.3 Å². The Morgan fingerprint density at radius 3 is 2.78 bits per heavy atom. The molecule has 2 aromatic carbocycles. The van der Waals surface area contributed by atoms with Gasteiger partial charge in [0.05, 0.1) is 16.4 Å². The maximum absolute atomic E-state index is 4.52. The summed E-state index contributed by atoms with van der Waals surface area (Å²) in [6, 6.07) is 16.5. The van der Waals surface area contributed by atoms with Crippen molar-refractivity contribution in [3.8, 4) is 0 Å². The second kappa shape index (κ2) is 5.52. The van der Waals surface area contributed by atoms with Crippen LogP contribution in [-0.4, -0.2) is 15.8 Å². The van der Waals surface area contributed by atoms with Crippen LogP contribution in [0.4, 0.5) is 5.13 Å². The van der Waals surface area contributed by atoms with E-state index in [1.807, 2.05) is 24.4 Å². The highest BCUT2D eigenvalue weighted by Crippen LogP contribution is 2.26. The highest BCUT2D eigenvalue weighted by Gasteiger charge is 2.09. The van der Waals surface area contributed by atoms with Crippen LogP contribution in [0.15, 0.2) is 53.6 Å². The predicted octanol–water partition coefficient (Wildman–Crippen LogP) is 4.54. The van der Waals surface area contributed by atoms with E-state index in [2.05, 4.69) is 64.4 Å². The molecular weight excluding hydrogens is 304 g/mol. The molecule has 5 heteroatoms. The summed E-state index contributed by atoms with van der Waals surface area (Å²) in [5, 5.41) is 6.41. The predicted molar refractivity (Wildman–Crippen MR) is 98.5 cm³/mol. The number of rotatable bonds is 3. The fourth-order valence-corrected chi connectivity index (χ4v) is 3.60. The molecule has 0 aliphatic heterocycles. The summed E-state index contributed by atoms with van der Waals surface area (Å²) in [6.45, 7) is 2.11. The minimum absolute atomic E-state index is 0.806. The maximum Gasteiger partial charge on any atom is 0.204 e. The number of hydrazone groups is 1. The minimum Gasteiger partial charge on any atom is -0.347 e. The van der Waals surface area contributed by atoms with Gasteiger partial charge in [0.1, 0.15) is 0 Å². The molecule has 4 rings (SSSR count). The van der Waals surface area contributed by atoms with E-state index in [1.165, 1.54) is 16.6 Å². The fraction of sp³-hybridized carbons (Fsp3) is 0.111. The van der Waals surface area contributed by atoms with E-state index in [-0.39, 0.29) is 0 Å². The Morgan fingerprint density at radius 2 is 1.91 bits per heavy atom. The fourth-order valence-electron chi connectivity index (χ4n) is 2.79. The normalized spacial score (nSPS) is 11.7. The highest BCUT2D eigenvalue weighted by atomic mass is 32.1. The molecule has 23 heavy (non-hydrogen) atoms. The highest BCUT2D eigenvalue weighted by molar-refractivity contribution is 7.22. The SMILES string of the molecule is Cc1c(/C=N\Nc2nc3ccccc3s2)c2ccccc2n1C. The lowest BCUT2D eigenvalue weighted by molar-refractivity contribution is 0.916. The van der Waals surface area contributed by atoms with Crippen LogP contribution < -0.4 is 5.43 Å². The van der Waals surface area contributed by atoms with Crippen molar-refractivity contribution >= 4 is 43.8 Å². The summed E-state index contributed by atoms with van der Waals surface area (Å²) < 4.78 is 3.35. The van der Waals surface area contributed by atoms with Crippen molar-refractivity contribution in [2.75, 3.05) is 5.43 Å². The van der Waals surface area contributed by atoms with E-state index in [9.17, 15) is 0 Å². The van der Waals surface area contributed by atoms with E-state index in [1.54, 1.807) is 11.3 Å². The molecule has 0 atom stereocenters. The zero-order chi connectivity index (χ0) is 15.8. The van der Waals surface area contributed by atoms with Crippen molar-refractivity contribution in [1.29, 1.82) is 0 Å². The molecule has 0 bridgehead atoms. The third-order valence-electron chi connectivity index (χ3n) is 4.10. The molecule has 1 N–H and O–H groups in total. The summed E-state index contributed by atoms with van der Waals surface area (Å²) in [5.74, 6) is 0. The summed E-state index contributed by atoms with van der Waals surface area (Å²) in [7, 11) is 2.08. The number of para-hydroxylation sites is 2. The molecule has 4 aromatic rings. The number of thiazole rings is 1. The van der Waals surface area contributed by atoms with Gasteiger partial charge in [-0.05, 0) is 25.1 Å². The molecule has 0 saturated carbocycles. The van der Waals surface area contributed by atoms with Gasteiger partial charge in [-0.15, -0.1) is 0 Å². The summed E-state index contributed by atoms with van der Waals surface area (Å²) in [6.07, 6.45) is 1.88. The maximum atomic E-state index is 4.52. The lowest BCUT2D eigenvalue weighted by Crippen LogP contribution is -1.93. The Balaban J connectivity index is 1.65. The van der Waals surface area contributed by atoms with Crippen molar-refractivity contribution in [2.24, 2.45) is 12.1 Å². The van der Waals surface area contributed by atoms with Gasteiger partial charge < -0.3 is 4.57 Å². The summed E-state index contributed by atoms with van der Waals surface area (Å²) >= 11 is 1.60. The lowest BCUT2D eigenvalue weighted by Gasteiger charge is -1.97. The number of aryl methyl sites for hydroxylation is 1. The molecular formula is C18H16N4S. The van der Waals surface area contributed by atoms with Gasteiger partial charge in [-0.2, -0.15) is 5.10 Å². The van der Waals surface area contributed by atoms with Crippen LogP contribution in [0.2, 0.25) is 0 Å². The van der Waals surface area contributed by atoms with E-state index in [0.717, 1.165) is 20.9 Å². The van der Waals surface area contributed by atoms with E-state index in [4.69, 9.17) is 0 Å². The Labute approximate surface area is 138 Å². The van der Waals surface area contributed by atoms with Crippen molar-refractivity contribution in [1.82, 2.24) is 9.55 Å². The standard InChI is InChI=1S/C18H16N4S/c1-12-14(13-7-3-5-9-16(13)22(12)2)11-19-21-18-20-15-8-4-6-10-17(15)23-18/h3-11H,1-2H3,(H,20,21)/b19-11-. The Bertz CT molecular complexity index is 993. The molecule has 114 valence electrons. The van der Waals surface area contributed by atoms with Gasteiger partial charge in [0, 0.05) is 29.2 Å². The molecule has 0 fully saturated rings. The first-order chi connectivity index (χ1) is 11.2. The average molecular weight is 320 g/mol. The van der Waals surface area contributed by atoms with Gasteiger partial charge in [-0.3, -0.25) is 5.43 Å². The zero-order valence-electron chi connectivity index (χ0n) is 12.9. The Hall–Kier alpha value is -2.66. The van der Waals surface area contributed by atoms with Crippen molar-refractivity contribution in [3.63, 3.8) is 0 Å². The van der Waals surface area contributed by atoms with Gasteiger partial charge in [0.25, 0.3) is 0 Å². The number of fused-ring (bicyclic) bond motifs is 2. The smallest absolute Gasteiger partial charge is 0.204 e. The van der Waals surface area contributed by atoms with E-state index >= 15 is 0 Å². The largest absolute Gasteiger partial charge is 0.347 e. The monoisotopic (exact) mass is 320 g/mol. The quantitative estimate of drug-likeness (QED) is 0.445. The molecule has 0 aliphatic rings. The van der Waals surface area contributed by atoms with Crippen LogP contribution in [0, 0.1) is 6.92 Å². The zero-order valence-corrected chi connectivity index (χ0v) is 13.8. The summed E-state index contributed by atoms with van der Waals surface area (Å²) in [4.78, 5) is 4.52. The van der Waals surface area contributed by atoms with Crippen LogP contribution >= 0.6 is 11.3 Å². The van der Waals surface area contributed by atoms with Crippen molar-refractivity contribution in [3.05, 3.63) is 59.8 Å². The van der Waals surface area contributed by atoms with Gasteiger partial charge in [-0.1, -0.05) is 41.7 Å². The molecule has 0 aliphatic carbocycles. The van der Waals surface area contributed by atoms with Crippen LogP contribution in [0.25, 0.3) is 21.1 Å². The topological polar surface area (TPSA) is 42.2 Å². The Kier molecular flexibility index (Phi) is 3.35. The number of hydrogen-bond acceptors (Lipinski definition) is 4. The van der Waals surface area contributed by atoms with Gasteiger partial charge in [0.2, 0.25) is 5.13 Å². The van der Waals surface area contributed by atoms with Gasteiger partial charge in [-0.25, -0.2) is 4.98 Å². The molecule has 0 radical (unpaired) electrons. The molecule has 2 aromatic heterocycles. The molecule has 0 unspecified atom stereocenters. The number of nitrogens with one attached hydrogen (secondary N) is 1. The first-order valence-corrected chi connectivity index (χ1v) is 8.24. The number of nitrogens with zero attached hydrogens (tertiary/aromatic N) is 3. The lowest BCUT2D eigenvalue weighted by atomic mass is 10.1. The van der Waals surface area contributed by atoms with Gasteiger partial charge in [0.15, 0.2) is 0 Å². The molecule has 0 spiro atoms. The van der Waals surface area contributed by atoms with Crippen molar-refractivity contribution in [2.45, 2.75) is 6.92 Å². The van der Waals surface area contributed by atoms with Gasteiger partial charge >= 0.3 is 0 Å². The first kappa shape index (κ1) is 14.0. The molecule has 0 saturated heterocycles. The van der Waals surface area contributed by atoms with Crippen LogP contribution in [0.5, 0.6) is 0 Å². The number of aromatic nitrogens is 2. The minimum atomic E-state index is 0.806. The van der Waals surface area contributed by atoms with E-state index < -0.39 is 0 Å². The number of anilines is 1. The first-order valence-electron chi connectivity index (χ1n) is 7.43. The van der Waals surface area contributed by atoms with Crippen molar-refractivity contribution < 1.29 is 0 Å². The van der Waals surface area contributed by atoms with Crippen LogP contribution in [0.3, 0.4) is 0 Å². The third kappa shape index (κ3) is 2.39.